The second-order valence-electron chi connectivity index (χ2n) is 2.64. The van der Waals surface area contributed by atoms with Crippen molar-refractivity contribution in [2.45, 2.75) is 6.42 Å². The molecular weight excluding hydrogens is 176 g/mol. The third-order valence-corrected chi connectivity index (χ3v) is 2.14. The average Bonchev–Trinajstić information content (AvgIpc) is 2.07. The highest BCUT2D eigenvalue weighted by Crippen LogP contribution is 2.31. The molecule has 1 aromatic rings. The number of fused-ring (bicyclic) bond motifs is 1. The Labute approximate surface area is 75.1 Å². The smallest absolute Gasteiger partial charge is 0.170 e. The number of benzene rings is 1. The van der Waals surface area contributed by atoms with Gasteiger partial charge in [-0.05, 0) is 12.1 Å². The molecule has 2 rings (SSSR count). The summed E-state index contributed by atoms with van der Waals surface area (Å²) in [7, 11) is 0. The molecule has 12 heavy (non-hydrogen) atoms. The molecule has 1 aliphatic rings. The van der Waals surface area contributed by atoms with E-state index in [2.05, 4.69) is 0 Å². The predicted molar refractivity (Wildman–Crippen MR) is 45.9 cm³/mol. The van der Waals surface area contributed by atoms with Crippen molar-refractivity contribution >= 4 is 17.4 Å². The second kappa shape index (κ2) is 2.79. The first-order chi connectivity index (χ1) is 5.79. The fourth-order valence-corrected chi connectivity index (χ4v) is 1.48. The summed E-state index contributed by atoms with van der Waals surface area (Å²) in [4.78, 5) is 11.3. The number of hydrogen-bond acceptors (Lipinski definition) is 2. The van der Waals surface area contributed by atoms with Crippen molar-refractivity contribution in [1.82, 2.24) is 0 Å². The van der Waals surface area contributed by atoms with Crippen molar-refractivity contribution in [3.05, 3.63) is 28.8 Å². The van der Waals surface area contributed by atoms with Crippen LogP contribution in [0.4, 0.5) is 0 Å². The highest BCUT2D eigenvalue weighted by atomic mass is 35.5. The van der Waals surface area contributed by atoms with Crippen molar-refractivity contribution in [2.75, 3.05) is 6.61 Å². The van der Waals surface area contributed by atoms with E-state index in [4.69, 9.17) is 16.3 Å². The van der Waals surface area contributed by atoms with Gasteiger partial charge in [0.25, 0.3) is 0 Å². The minimum absolute atomic E-state index is 0.110. The van der Waals surface area contributed by atoms with Crippen molar-refractivity contribution in [3.8, 4) is 5.75 Å². The zero-order valence-electron chi connectivity index (χ0n) is 6.34. The number of carbonyl (C=O) groups excluding carboxylic acids is 1. The maximum absolute atomic E-state index is 11.3. The lowest BCUT2D eigenvalue weighted by atomic mass is 10.1. The van der Waals surface area contributed by atoms with E-state index in [9.17, 15) is 4.79 Å². The fraction of sp³-hybridized carbons (Fsp3) is 0.222. The molecule has 0 aromatic heterocycles. The van der Waals surface area contributed by atoms with Crippen LogP contribution >= 0.6 is 11.6 Å². The summed E-state index contributed by atoms with van der Waals surface area (Å²) in [6.45, 7) is 0.440. The molecular formula is C9H7ClO2. The summed E-state index contributed by atoms with van der Waals surface area (Å²) in [5.41, 5.74) is 0.605. The molecule has 0 fully saturated rings. The van der Waals surface area contributed by atoms with Crippen LogP contribution in [0.2, 0.25) is 5.02 Å². The molecule has 1 heterocycles. The maximum atomic E-state index is 11.3. The average molecular weight is 183 g/mol. The standard InChI is InChI=1S/C9H7ClO2/c10-7-3-1-2-6-8(11)4-5-12-9(6)7/h1-3H,4-5H2. The lowest BCUT2D eigenvalue weighted by Crippen LogP contribution is -2.15. The van der Waals surface area contributed by atoms with Crippen molar-refractivity contribution in [1.29, 1.82) is 0 Å². The number of ether oxygens (including phenoxy) is 1. The van der Waals surface area contributed by atoms with Crippen molar-refractivity contribution < 1.29 is 9.53 Å². The van der Waals surface area contributed by atoms with Crippen LogP contribution in [0.3, 0.4) is 0 Å². The Morgan fingerprint density at radius 2 is 2.25 bits per heavy atom. The molecule has 1 aromatic carbocycles. The topological polar surface area (TPSA) is 26.3 Å². The molecule has 0 N–H and O–H groups in total. The Kier molecular flexibility index (Phi) is 1.77. The Bertz CT molecular complexity index is 333. The van der Waals surface area contributed by atoms with Crippen LogP contribution in [0.25, 0.3) is 0 Å². The third-order valence-electron chi connectivity index (χ3n) is 1.84. The highest BCUT2D eigenvalue weighted by Gasteiger charge is 2.19. The van der Waals surface area contributed by atoms with Crippen LogP contribution in [-0.2, 0) is 0 Å². The molecule has 62 valence electrons. The van der Waals surface area contributed by atoms with Gasteiger partial charge in [-0.2, -0.15) is 0 Å². The SMILES string of the molecule is O=C1CCOc2c(Cl)cccc21. The Morgan fingerprint density at radius 1 is 1.42 bits per heavy atom. The molecule has 0 bridgehead atoms. The number of Topliss-reactive ketones (excluding diaryl/α,β-unsaturated/α-hetero) is 1. The number of hydrogen-bond donors (Lipinski definition) is 0. The number of para-hydroxylation sites is 1. The van der Waals surface area contributed by atoms with Gasteiger partial charge >= 0.3 is 0 Å². The van der Waals surface area contributed by atoms with Crippen LogP contribution in [0, 0.1) is 0 Å². The van der Waals surface area contributed by atoms with Gasteiger partial charge in [0.1, 0.15) is 5.75 Å². The predicted octanol–water partition coefficient (Wildman–Crippen LogP) is 2.31. The maximum Gasteiger partial charge on any atom is 0.170 e. The fourth-order valence-electron chi connectivity index (χ4n) is 1.26. The summed E-state index contributed by atoms with van der Waals surface area (Å²) in [5.74, 6) is 0.647. The van der Waals surface area contributed by atoms with Gasteiger partial charge in [0, 0.05) is 6.42 Å². The summed E-state index contributed by atoms with van der Waals surface area (Å²) in [5, 5.41) is 0.514. The summed E-state index contributed by atoms with van der Waals surface area (Å²) in [6.07, 6.45) is 0.452. The van der Waals surface area contributed by atoms with Gasteiger partial charge in [-0.3, -0.25) is 4.79 Å². The van der Waals surface area contributed by atoms with Crippen LogP contribution in [0.15, 0.2) is 18.2 Å². The summed E-state index contributed by atoms with van der Waals surface area (Å²) < 4.78 is 5.27. The first kappa shape index (κ1) is 7.62. The van der Waals surface area contributed by atoms with Gasteiger partial charge < -0.3 is 4.74 Å². The van der Waals surface area contributed by atoms with Gasteiger partial charge in [0.15, 0.2) is 5.78 Å². The van der Waals surface area contributed by atoms with E-state index in [-0.39, 0.29) is 5.78 Å². The Morgan fingerprint density at radius 3 is 3.00 bits per heavy atom. The van der Waals surface area contributed by atoms with E-state index in [1.807, 2.05) is 0 Å². The minimum atomic E-state index is 0.110. The molecule has 0 amide bonds. The van der Waals surface area contributed by atoms with E-state index < -0.39 is 0 Å². The molecule has 0 saturated carbocycles. The van der Waals surface area contributed by atoms with Crippen LogP contribution in [0.5, 0.6) is 5.75 Å². The quantitative estimate of drug-likeness (QED) is 0.616. The molecule has 0 saturated heterocycles. The van der Waals surface area contributed by atoms with E-state index in [0.717, 1.165) is 0 Å². The molecule has 3 heteroatoms. The lowest BCUT2D eigenvalue weighted by molar-refractivity contribution is 0.0933. The number of ketones is 1. The van der Waals surface area contributed by atoms with Gasteiger partial charge in [0.05, 0.1) is 17.2 Å². The van der Waals surface area contributed by atoms with E-state index in [0.29, 0.717) is 29.4 Å². The molecule has 1 aliphatic heterocycles. The van der Waals surface area contributed by atoms with Crippen LogP contribution in [-0.4, -0.2) is 12.4 Å². The van der Waals surface area contributed by atoms with Crippen molar-refractivity contribution in [3.63, 3.8) is 0 Å². The first-order valence-electron chi connectivity index (χ1n) is 3.73. The Balaban J connectivity index is 2.59. The number of carbonyl (C=O) groups is 1. The largest absolute Gasteiger partial charge is 0.491 e. The molecule has 0 spiro atoms. The van der Waals surface area contributed by atoms with Gasteiger partial charge in [-0.25, -0.2) is 0 Å². The minimum Gasteiger partial charge on any atom is -0.491 e. The zero-order valence-corrected chi connectivity index (χ0v) is 7.10. The highest BCUT2D eigenvalue weighted by molar-refractivity contribution is 6.32. The van der Waals surface area contributed by atoms with Gasteiger partial charge in [0.2, 0.25) is 0 Å². The van der Waals surface area contributed by atoms with Gasteiger partial charge in [-0.15, -0.1) is 0 Å². The van der Waals surface area contributed by atoms with E-state index in [1.165, 1.54) is 0 Å². The van der Waals surface area contributed by atoms with E-state index in [1.54, 1.807) is 18.2 Å². The second-order valence-corrected chi connectivity index (χ2v) is 3.05. The summed E-state index contributed by atoms with van der Waals surface area (Å²) >= 11 is 5.83. The van der Waals surface area contributed by atoms with Crippen molar-refractivity contribution in [2.24, 2.45) is 0 Å². The van der Waals surface area contributed by atoms with Crippen LogP contribution in [0.1, 0.15) is 16.8 Å². The third kappa shape index (κ3) is 1.08. The molecule has 0 aliphatic carbocycles. The monoisotopic (exact) mass is 182 g/mol. The molecule has 0 unspecified atom stereocenters. The summed E-state index contributed by atoms with van der Waals surface area (Å²) in [6, 6.07) is 5.22. The molecule has 2 nitrogen and oxygen atoms in total. The molecule has 0 radical (unpaired) electrons. The van der Waals surface area contributed by atoms with Crippen LogP contribution < -0.4 is 4.74 Å². The zero-order chi connectivity index (χ0) is 8.55. The first-order valence-corrected chi connectivity index (χ1v) is 4.11. The lowest BCUT2D eigenvalue weighted by Gasteiger charge is -2.16. The van der Waals surface area contributed by atoms with Gasteiger partial charge in [-0.1, -0.05) is 17.7 Å². The number of rotatable bonds is 0. The normalized spacial score (nSPS) is 15.2. The number of halogens is 1. The Hall–Kier alpha value is -1.02. The molecule has 0 atom stereocenters. The van der Waals surface area contributed by atoms with E-state index >= 15 is 0 Å².